The third-order valence-corrected chi connectivity index (χ3v) is 2.38. The molecule has 3 nitrogen and oxygen atoms in total. The molecule has 0 aliphatic heterocycles. The lowest BCUT2D eigenvalue weighted by Gasteiger charge is -2.06. The van der Waals surface area contributed by atoms with E-state index < -0.39 is 0 Å². The number of oxazole rings is 1. The summed E-state index contributed by atoms with van der Waals surface area (Å²) in [6.07, 6.45) is 2.12. The van der Waals surface area contributed by atoms with Crippen molar-refractivity contribution in [2.24, 2.45) is 0 Å². The number of benzene rings is 1. The van der Waals surface area contributed by atoms with Gasteiger partial charge in [-0.2, -0.15) is 0 Å². The van der Waals surface area contributed by atoms with Crippen LogP contribution in [0.4, 0.5) is 4.39 Å². The normalized spacial score (nSPS) is 10.4. The van der Waals surface area contributed by atoms with E-state index in [2.05, 4.69) is 4.98 Å². The van der Waals surface area contributed by atoms with E-state index in [-0.39, 0.29) is 5.82 Å². The van der Waals surface area contributed by atoms with E-state index in [0.717, 1.165) is 17.7 Å². The van der Waals surface area contributed by atoms with Gasteiger partial charge in [-0.25, -0.2) is 9.37 Å². The van der Waals surface area contributed by atoms with Crippen molar-refractivity contribution in [3.8, 4) is 17.0 Å². The van der Waals surface area contributed by atoms with Crippen molar-refractivity contribution in [1.82, 2.24) is 4.98 Å². The number of halogens is 1. The minimum Gasteiger partial charge on any atom is -0.496 e. The van der Waals surface area contributed by atoms with Gasteiger partial charge in [0, 0.05) is 18.1 Å². The van der Waals surface area contributed by atoms with Crippen LogP contribution >= 0.6 is 0 Å². The monoisotopic (exact) mass is 221 g/mol. The Bertz CT molecular complexity index is 494. The highest BCUT2D eigenvalue weighted by Crippen LogP contribution is 2.31. The van der Waals surface area contributed by atoms with Crippen LogP contribution in [0.15, 0.2) is 29.0 Å². The quantitative estimate of drug-likeness (QED) is 0.799. The van der Waals surface area contributed by atoms with E-state index in [1.54, 1.807) is 6.07 Å². The number of aryl methyl sites for hydroxylation is 1. The molecule has 0 bridgehead atoms. The lowest BCUT2D eigenvalue weighted by molar-refractivity contribution is 0.412. The number of hydrogen-bond donors (Lipinski definition) is 0. The van der Waals surface area contributed by atoms with Crippen molar-refractivity contribution in [2.75, 3.05) is 7.11 Å². The summed E-state index contributed by atoms with van der Waals surface area (Å²) < 4.78 is 23.4. The third-order valence-electron chi connectivity index (χ3n) is 2.38. The van der Waals surface area contributed by atoms with Crippen LogP contribution in [0.25, 0.3) is 11.3 Å². The summed E-state index contributed by atoms with van der Waals surface area (Å²) in [5.74, 6) is 0.899. The van der Waals surface area contributed by atoms with Crippen molar-refractivity contribution in [1.29, 1.82) is 0 Å². The zero-order chi connectivity index (χ0) is 11.5. The molecular weight excluding hydrogens is 209 g/mol. The summed E-state index contributed by atoms with van der Waals surface area (Å²) in [6.45, 7) is 1.97. The van der Waals surface area contributed by atoms with Crippen molar-refractivity contribution in [3.05, 3.63) is 36.2 Å². The highest BCUT2D eigenvalue weighted by atomic mass is 19.1. The van der Waals surface area contributed by atoms with E-state index in [1.165, 1.54) is 25.6 Å². The van der Waals surface area contributed by atoms with Gasteiger partial charge in [-0.15, -0.1) is 0 Å². The highest BCUT2D eigenvalue weighted by Gasteiger charge is 2.14. The topological polar surface area (TPSA) is 35.3 Å². The van der Waals surface area contributed by atoms with Gasteiger partial charge in [0.1, 0.15) is 23.0 Å². The zero-order valence-electron chi connectivity index (χ0n) is 9.16. The Morgan fingerprint density at radius 3 is 2.94 bits per heavy atom. The van der Waals surface area contributed by atoms with E-state index in [0.29, 0.717) is 11.4 Å². The first-order chi connectivity index (χ1) is 7.76. The van der Waals surface area contributed by atoms with Crippen molar-refractivity contribution < 1.29 is 13.5 Å². The van der Waals surface area contributed by atoms with Crippen LogP contribution in [-0.4, -0.2) is 12.1 Å². The summed E-state index contributed by atoms with van der Waals surface area (Å²) in [7, 11) is 1.50. The molecule has 0 saturated heterocycles. The van der Waals surface area contributed by atoms with Crippen LogP contribution in [0.3, 0.4) is 0 Å². The summed E-state index contributed by atoms with van der Waals surface area (Å²) in [5.41, 5.74) is 1.45. The molecule has 1 aromatic heterocycles. The molecule has 0 atom stereocenters. The van der Waals surface area contributed by atoms with Crippen molar-refractivity contribution in [2.45, 2.75) is 13.3 Å². The number of methoxy groups -OCH3 is 1. The highest BCUT2D eigenvalue weighted by molar-refractivity contribution is 5.68. The van der Waals surface area contributed by atoms with Crippen LogP contribution in [0, 0.1) is 5.82 Å². The Balaban J connectivity index is 2.55. The molecule has 16 heavy (non-hydrogen) atoms. The lowest BCUT2D eigenvalue weighted by Crippen LogP contribution is -1.91. The number of hydrogen-bond acceptors (Lipinski definition) is 3. The summed E-state index contributed by atoms with van der Waals surface area (Å²) in [6, 6.07) is 4.36. The molecule has 0 unspecified atom stereocenters. The van der Waals surface area contributed by atoms with E-state index in [4.69, 9.17) is 9.15 Å². The molecule has 0 aliphatic rings. The average Bonchev–Trinajstić information content (AvgIpc) is 2.76. The fraction of sp³-hybridized carbons (Fsp3) is 0.250. The summed E-state index contributed by atoms with van der Waals surface area (Å²) in [4.78, 5) is 4.13. The van der Waals surface area contributed by atoms with Gasteiger partial charge >= 0.3 is 0 Å². The molecule has 1 aromatic carbocycles. The number of nitrogens with zero attached hydrogens (tertiary/aromatic N) is 1. The smallest absolute Gasteiger partial charge is 0.181 e. The molecule has 0 radical (unpaired) electrons. The first kappa shape index (κ1) is 10.7. The van der Waals surface area contributed by atoms with Crippen LogP contribution < -0.4 is 4.74 Å². The largest absolute Gasteiger partial charge is 0.496 e. The van der Waals surface area contributed by atoms with Crippen molar-refractivity contribution in [3.63, 3.8) is 0 Å². The van der Waals surface area contributed by atoms with Gasteiger partial charge in [-0.3, -0.25) is 0 Å². The molecule has 0 amide bonds. The number of ether oxygens (including phenoxy) is 1. The molecule has 84 valence electrons. The SMILES string of the molecule is CCc1ocnc1-c1ccc(F)cc1OC. The second-order valence-electron chi connectivity index (χ2n) is 3.32. The maximum Gasteiger partial charge on any atom is 0.181 e. The predicted molar refractivity (Wildman–Crippen MR) is 57.8 cm³/mol. The molecule has 2 aromatic rings. The maximum atomic E-state index is 13.0. The van der Waals surface area contributed by atoms with Crippen molar-refractivity contribution >= 4 is 0 Å². The van der Waals surface area contributed by atoms with E-state index in [9.17, 15) is 4.39 Å². The van der Waals surface area contributed by atoms with Crippen LogP contribution in [0.5, 0.6) is 5.75 Å². The van der Waals surface area contributed by atoms with Crippen LogP contribution in [-0.2, 0) is 6.42 Å². The van der Waals surface area contributed by atoms with Gasteiger partial charge < -0.3 is 9.15 Å². The van der Waals surface area contributed by atoms with Gasteiger partial charge in [-0.1, -0.05) is 6.92 Å². The first-order valence-corrected chi connectivity index (χ1v) is 5.02. The first-order valence-electron chi connectivity index (χ1n) is 5.02. The second kappa shape index (κ2) is 4.35. The minimum atomic E-state index is -0.331. The predicted octanol–water partition coefficient (Wildman–Crippen LogP) is 3.05. The third kappa shape index (κ3) is 1.78. The fourth-order valence-electron chi connectivity index (χ4n) is 1.60. The molecule has 0 spiro atoms. The standard InChI is InChI=1S/C12H12FNO2/c1-3-10-12(14-7-16-10)9-5-4-8(13)6-11(9)15-2/h4-7H,3H2,1-2H3. The Morgan fingerprint density at radius 2 is 2.25 bits per heavy atom. The Morgan fingerprint density at radius 1 is 1.44 bits per heavy atom. The van der Waals surface area contributed by atoms with Gasteiger partial charge in [0.25, 0.3) is 0 Å². The van der Waals surface area contributed by atoms with Gasteiger partial charge in [0.15, 0.2) is 6.39 Å². The van der Waals surface area contributed by atoms with Gasteiger partial charge in [0.05, 0.1) is 7.11 Å². The number of aromatic nitrogens is 1. The second-order valence-corrected chi connectivity index (χ2v) is 3.32. The molecular formula is C12H12FNO2. The van der Waals surface area contributed by atoms with Crippen LogP contribution in [0.2, 0.25) is 0 Å². The van der Waals surface area contributed by atoms with Crippen LogP contribution in [0.1, 0.15) is 12.7 Å². The lowest BCUT2D eigenvalue weighted by atomic mass is 10.1. The Labute approximate surface area is 92.9 Å². The molecule has 0 fully saturated rings. The van der Waals surface area contributed by atoms with E-state index >= 15 is 0 Å². The van der Waals surface area contributed by atoms with Gasteiger partial charge in [0.2, 0.25) is 0 Å². The summed E-state index contributed by atoms with van der Waals surface area (Å²) >= 11 is 0. The fourth-order valence-corrected chi connectivity index (χ4v) is 1.60. The molecule has 4 heteroatoms. The van der Waals surface area contributed by atoms with E-state index in [1.807, 2.05) is 6.92 Å². The molecule has 0 aliphatic carbocycles. The summed E-state index contributed by atoms with van der Waals surface area (Å²) in [5, 5.41) is 0. The number of rotatable bonds is 3. The Kier molecular flexibility index (Phi) is 2.90. The average molecular weight is 221 g/mol. The molecule has 0 saturated carbocycles. The molecule has 2 rings (SSSR count). The van der Waals surface area contributed by atoms with Gasteiger partial charge in [-0.05, 0) is 12.1 Å². The Hall–Kier alpha value is -1.84. The molecule has 1 heterocycles. The zero-order valence-corrected chi connectivity index (χ0v) is 9.16. The molecule has 0 N–H and O–H groups in total. The minimum absolute atomic E-state index is 0.331. The maximum absolute atomic E-state index is 13.0.